The van der Waals surface area contributed by atoms with Crippen LogP contribution >= 0.6 is 10.8 Å². The van der Waals surface area contributed by atoms with E-state index in [9.17, 15) is 34.8 Å². The van der Waals surface area contributed by atoms with Crippen molar-refractivity contribution >= 4 is 26.8 Å². The maximum atomic E-state index is 12.3. The molecule has 1 rings (SSSR count). The van der Waals surface area contributed by atoms with Crippen molar-refractivity contribution < 1.29 is 47.9 Å². The van der Waals surface area contributed by atoms with Crippen molar-refractivity contribution in [1.29, 1.82) is 0 Å². The van der Waals surface area contributed by atoms with Crippen molar-refractivity contribution in [2.24, 2.45) is 0 Å². The fraction of sp³-hybridized carbons (Fsp3) is 0.375. The zero-order valence-electron chi connectivity index (χ0n) is 10.8. The quantitative estimate of drug-likeness (QED) is 0.331. The number of ether oxygens (including phenoxy) is 1. The Labute approximate surface area is 127 Å². The summed E-state index contributed by atoms with van der Waals surface area (Å²) in [4.78, 5) is 6.36. The molecule has 0 aliphatic heterocycles. The van der Waals surface area contributed by atoms with Crippen molar-refractivity contribution in [2.45, 2.75) is 11.0 Å². The Balaban J connectivity index is 3.17. The number of hydrogen-bond donors (Lipinski definition) is 0. The third-order valence-electron chi connectivity index (χ3n) is 1.76. The molecule has 0 aromatic carbocycles. The van der Waals surface area contributed by atoms with E-state index in [1.165, 1.54) is 0 Å². The van der Waals surface area contributed by atoms with E-state index in [4.69, 9.17) is 0 Å². The van der Waals surface area contributed by atoms with Gasteiger partial charge in [-0.2, -0.15) is 44.7 Å². The molecular weight excluding hydrogens is 382 g/mol. The number of nitrogens with zero attached hydrogens (tertiary/aromatic N) is 2. The molecule has 23 heavy (non-hydrogen) atoms. The van der Waals surface area contributed by atoms with Gasteiger partial charge in [-0.05, 0) is 5.87 Å². The molecule has 1 aromatic rings. The van der Waals surface area contributed by atoms with E-state index >= 15 is 0 Å². The van der Waals surface area contributed by atoms with E-state index in [-0.39, 0.29) is 0 Å². The van der Waals surface area contributed by atoms with Gasteiger partial charge in [0, 0.05) is 0 Å². The second-order valence-electron chi connectivity index (χ2n) is 3.39. The highest BCUT2D eigenvalue weighted by Crippen LogP contribution is 2.38. The Bertz CT molecular complexity index is 702. The number of aromatic nitrogens is 2. The third kappa shape index (κ3) is 5.12. The molecule has 0 fully saturated rings. The second kappa shape index (κ2) is 6.38. The van der Waals surface area contributed by atoms with Crippen LogP contribution in [0.1, 0.15) is 0 Å². The van der Waals surface area contributed by atoms with E-state index in [0.717, 1.165) is 7.11 Å². The smallest absolute Gasteiger partial charge is 0.467 e. The number of halogens is 6. The van der Waals surface area contributed by atoms with E-state index < -0.39 is 49.7 Å². The molecule has 0 bridgehead atoms. The van der Waals surface area contributed by atoms with Gasteiger partial charge in [0.15, 0.2) is 0 Å². The lowest BCUT2D eigenvalue weighted by atomic mass is 10.6. The van der Waals surface area contributed by atoms with E-state index in [1.807, 2.05) is 0 Å². The molecule has 0 aliphatic rings. The lowest BCUT2D eigenvalue weighted by molar-refractivity contribution is -0.0501. The maximum Gasteiger partial charge on any atom is 0.534 e. The molecule has 0 N–H and O–H groups in total. The summed E-state index contributed by atoms with van der Waals surface area (Å²) in [5.41, 5.74) is -10.6. The van der Waals surface area contributed by atoms with Crippen LogP contribution in [0.2, 0.25) is 0 Å². The number of rotatable bonds is 5. The average Bonchev–Trinajstić information content (AvgIpc) is 2.35. The van der Waals surface area contributed by atoms with Gasteiger partial charge < -0.3 is 13.1 Å². The molecule has 0 aliphatic carbocycles. The van der Waals surface area contributed by atoms with E-state index in [2.05, 4.69) is 28.9 Å². The van der Waals surface area contributed by atoms with E-state index in [0.29, 0.717) is 6.07 Å². The Morgan fingerprint density at radius 1 is 1.13 bits per heavy atom. The summed E-state index contributed by atoms with van der Waals surface area (Å²) in [5, 5.41) is 0. The first-order valence-electron chi connectivity index (χ1n) is 4.99. The zero-order chi connectivity index (χ0) is 18.1. The molecule has 0 amide bonds. The first-order chi connectivity index (χ1) is 10.3. The molecule has 0 saturated carbocycles. The van der Waals surface area contributed by atoms with Crippen LogP contribution in [0.5, 0.6) is 17.8 Å². The van der Waals surface area contributed by atoms with Crippen LogP contribution in [-0.4, -0.2) is 42.4 Å². The summed E-state index contributed by atoms with van der Waals surface area (Å²) < 4.78 is 108. The Morgan fingerprint density at radius 3 is 2.09 bits per heavy atom. The first-order valence-corrected chi connectivity index (χ1v) is 7.72. The Morgan fingerprint density at radius 2 is 1.65 bits per heavy atom. The van der Waals surface area contributed by atoms with Gasteiger partial charge in [0.1, 0.15) is 0 Å². The Hall–Kier alpha value is -1.77. The highest BCUT2D eigenvalue weighted by molar-refractivity contribution is 8.11. The van der Waals surface area contributed by atoms with Gasteiger partial charge in [-0.1, -0.05) is 0 Å². The van der Waals surface area contributed by atoms with E-state index in [1.54, 1.807) is 0 Å². The largest absolute Gasteiger partial charge is 0.534 e. The predicted molar refractivity (Wildman–Crippen MR) is 65.6 cm³/mol. The van der Waals surface area contributed by atoms with Gasteiger partial charge in [-0.3, -0.25) is 0 Å². The average molecular weight is 388 g/mol. The number of alkyl halides is 6. The van der Waals surface area contributed by atoms with Crippen molar-refractivity contribution in [1.82, 2.24) is 9.97 Å². The van der Waals surface area contributed by atoms with Gasteiger partial charge in [-0.25, -0.2) is 0 Å². The third-order valence-corrected chi connectivity index (χ3v) is 3.61. The molecule has 15 heteroatoms. The zero-order valence-corrected chi connectivity index (χ0v) is 12.4. The SMILES string of the molecule is C=S(Oc1cc(OS(=O)(=O)C(F)(F)F)nc(OC)n1)C(F)(F)F. The summed E-state index contributed by atoms with van der Waals surface area (Å²) in [6.45, 7) is 0. The summed E-state index contributed by atoms with van der Waals surface area (Å²) in [7, 11) is -8.08. The fourth-order valence-corrected chi connectivity index (χ4v) is 1.66. The monoisotopic (exact) mass is 388 g/mol. The maximum absolute atomic E-state index is 12.3. The molecule has 1 unspecified atom stereocenters. The van der Waals surface area contributed by atoms with Crippen LogP contribution < -0.4 is 13.1 Å². The first kappa shape index (κ1) is 19.3. The van der Waals surface area contributed by atoms with Crippen LogP contribution in [0.25, 0.3) is 0 Å². The van der Waals surface area contributed by atoms with Gasteiger partial charge in [0.25, 0.3) is 0 Å². The molecule has 0 spiro atoms. The van der Waals surface area contributed by atoms with Crippen molar-refractivity contribution in [3.05, 3.63) is 6.07 Å². The standard InChI is InChI=1S/C8H6F6N2O5S2/c1-19-6-15-4(20-22(2)7(9,10)11)3-5(16-6)21-23(17,18)8(12,13)14/h3H,2H2,1H3. The number of hydrogen-bond acceptors (Lipinski definition) is 7. The fourth-order valence-electron chi connectivity index (χ4n) is 0.870. The van der Waals surface area contributed by atoms with Crippen molar-refractivity contribution in [2.75, 3.05) is 7.11 Å². The lowest BCUT2D eigenvalue weighted by Gasteiger charge is -2.13. The minimum absolute atomic E-state index is 0.308. The van der Waals surface area contributed by atoms with Crippen molar-refractivity contribution in [3.63, 3.8) is 0 Å². The second-order valence-corrected chi connectivity index (χ2v) is 6.25. The molecule has 7 nitrogen and oxygen atoms in total. The lowest BCUT2D eigenvalue weighted by Crippen LogP contribution is -2.28. The molecular formula is C8H6F6N2O5S2. The minimum Gasteiger partial charge on any atom is -0.467 e. The van der Waals surface area contributed by atoms with Crippen LogP contribution in [0, 0.1) is 0 Å². The van der Waals surface area contributed by atoms with Gasteiger partial charge in [-0.15, -0.1) is 0 Å². The molecule has 1 heterocycles. The predicted octanol–water partition coefficient (Wildman–Crippen LogP) is 2.23. The summed E-state index contributed by atoms with van der Waals surface area (Å²) in [6, 6.07) is -0.475. The highest BCUT2D eigenvalue weighted by atomic mass is 32.2. The Kier molecular flexibility index (Phi) is 5.35. The summed E-state index contributed by atoms with van der Waals surface area (Å²) in [6.07, 6.45) is 0. The van der Waals surface area contributed by atoms with Gasteiger partial charge in [0.2, 0.25) is 11.8 Å². The van der Waals surface area contributed by atoms with Crippen LogP contribution in [-0.2, 0) is 10.1 Å². The molecule has 1 aromatic heterocycles. The topological polar surface area (TPSA) is 87.6 Å². The summed E-state index contributed by atoms with van der Waals surface area (Å²) in [5.74, 6) is 0.452. The molecule has 1 atom stereocenters. The van der Waals surface area contributed by atoms with Crippen LogP contribution in [0.4, 0.5) is 26.3 Å². The van der Waals surface area contributed by atoms with Crippen molar-refractivity contribution in [3.8, 4) is 17.8 Å². The summed E-state index contributed by atoms with van der Waals surface area (Å²) >= 11 is 0. The number of methoxy groups -OCH3 is 1. The molecule has 0 radical (unpaired) electrons. The molecule has 0 saturated heterocycles. The normalized spacial score (nSPS) is 14.2. The van der Waals surface area contributed by atoms with Gasteiger partial charge >= 0.3 is 27.1 Å². The minimum atomic E-state index is -6.09. The molecule has 132 valence electrons. The highest BCUT2D eigenvalue weighted by Gasteiger charge is 2.49. The van der Waals surface area contributed by atoms with Crippen LogP contribution in [0.3, 0.4) is 0 Å². The van der Waals surface area contributed by atoms with Gasteiger partial charge in [0.05, 0.1) is 23.9 Å². The van der Waals surface area contributed by atoms with Crippen LogP contribution in [0.15, 0.2) is 6.07 Å².